The van der Waals surface area contributed by atoms with E-state index in [0.717, 1.165) is 0 Å². The van der Waals surface area contributed by atoms with Gasteiger partial charge in [-0.1, -0.05) is 23.7 Å². The summed E-state index contributed by atoms with van der Waals surface area (Å²) in [6.07, 6.45) is 0.477. The summed E-state index contributed by atoms with van der Waals surface area (Å²) in [5.74, 6) is 0. The molecule has 0 aromatic heterocycles. The topological polar surface area (TPSA) is 72.2 Å². The molecule has 0 aliphatic carbocycles. The number of nitrogens with one attached hydrogen (secondary N) is 1. The molecule has 0 aliphatic rings. The first-order valence-corrected chi connectivity index (χ1v) is 4.13. The summed E-state index contributed by atoms with van der Waals surface area (Å²) in [6, 6.07) is 4.57. The largest absolute Gasteiger partial charge is 0.354 e. The average Bonchev–Trinajstić information content (AvgIpc) is 2.14. The van der Waals surface area contributed by atoms with Crippen molar-refractivity contribution in [2.45, 2.75) is 6.54 Å². The normalized spacial score (nSPS) is 9.50. The van der Waals surface area contributed by atoms with Crippen molar-refractivity contribution in [1.82, 2.24) is 5.32 Å². The number of hydrogen-bond donors (Lipinski definition) is 1. The molecule has 0 unspecified atom stereocenters. The van der Waals surface area contributed by atoms with Gasteiger partial charge in [0.1, 0.15) is 5.02 Å². The molecular formula is C8H7ClN2O3. The maximum absolute atomic E-state index is 10.6. The van der Waals surface area contributed by atoms with E-state index in [0.29, 0.717) is 12.0 Å². The number of rotatable bonds is 4. The Morgan fingerprint density at radius 1 is 1.57 bits per heavy atom. The Hall–Kier alpha value is -1.62. The number of nitro groups is 1. The van der Waals surface area contributed by atoms with Gasteiger partial charge < -0.3 is 5.32 Å². The van der Waals surface area contributed by atoms with E-state index in [9.17, 15) is 14.9 Å². The first kappa shape index (κ1) is 10.5. The maximum Gasteiger partial charge on any atom is 0.292 e. The van der Waals surface area contributed by atoms with Crippen LogP contribution in [0.25, 0.3) is 0 Å². The highest BCUT2D eigenvalue weighted by molar-refractivity contribution is 6.32. The first-order valence-electron chi connectivity index (χ1n) is 3.75. The van der Waals surface area contributed by atoms with Crippen LogP contribution in [0, 0.1) is 10.1 Å². The second-order valence-corrected chi connectivity index (χ2v) is 2.91. The summed E-state index contributed by atoms with van der Waals surface area (Å²) in [5.41, 5.74) is 0.220. The van der Waals surface area contributed by atoms with Crippen LogP contribution in [0.2, 0.25) is 5.02 Å². The summed E-state index contributed by atoms with van der Waals surface area (Å²) in [4.78, 5) is 20.1. The van der Waals surface area contributed by atoms with E-state index in [4.69, 9.17) is 11.6 Å². The summed E-state index contributed by atoms with van der Waals surface area (Å²) in [5, 5.41) is 13.0. The van der Waals surface area contributed by atoms with Crippen LogP contribution >= 0.6 is 11.6 Å². The predicted octanol–water partition coefficient (Wildman–Crippen LogP) is 1.49. The average molecular weight is 215 g/mol. The fourth-order valence-corrected chi connectivity index (χ4v) is 1.32. The van der Waals surface area contributed by atoms with E-state index < -0.39 is 4.92 Å². The molecule has 1 rings (SSSR count). The van der Waals surface area contributed by atoms with Gasteiger partial charge in [-0.2, -0.15) is 0 Å². The van der Waals surface area contributed by atoms with E-state index in [1.165, 1.54) is 6.07 Å². The maximum atomic E-state index is 10.6. The summed E-state index contributed by atoms with van der Waals surface area (Å²) < 4.78 is 0. The quantitative estimate of drug-likeness (QED) is 0.469. The van der Waals surface area contributed by atoms with Crippen LogP contribution in [0.4, 0.5) is 5.69 Å². The molecule has 6 heteroatoms. The molecule has 5 nitrogen and oxygen atoms in total. The van der Waals surface area contributed by atoms with Crippen molar-refractivity contribution < 1.29 is 9.72 Å². The van der Waals surface area contributed by atoms with Crippen LogP contribution in [-0.2, 0) is 11.3 Å². The zero-order valence-electron chi connectivity index (χ0n) is 7.07. The minimum atomic E-state index is -0.565. The van der Waals surface area contributed by atoms with E-state index >= 15 is 0 Å². The van der Waals surface area contributed by atoms with E-state index in [2.05, 4.69) is 5.32 Å². The van der Waals surface area contributed by atoms with Crippen molar-refractivity contribution in [2.24, 2.45) is 0 Å². The van der Waals surface area contributed by atoms with Crippen LogP contribution in [0.1, 0.15) is 5.56 Å². The molecule has 0 saturated carbocycles. The second-order valence-electron chi connectivity index (χ2n) is 2.50. The van der Waals surface area contributed by atoms with Crippen molar-refractivity contribution in [3.8, 4) is 0 Å². The van der Waals surface area contributed by atoms with Gasteiger partial charge in [0.2, 0.25) is 6.41 Å². The molecule has 0 fully saturated rings. The van der Waals surface area contributed by atoms with Gasteiger partial charge in [-0.05, 0) is 6.07 Å². The number of benzene rings is 1. The summed E-state index contributed by atoms with van der Waals surface area (Å²) >= 11 is 5.65. The number of hydrogen-bond acceptors (Lipinski definition) is 3. The van der Waals surface area contributed by atoms with Crippen molar-refractivity contribution in [2.75, 3.05) is 0 Å². The van der Waals surface area contributed by atoms with Gasteiger partial charge in [0.15, 0.2) is 0 Å². The Morgan fingerprint density at radius 3 is 2.86 bits per heavy atom. The molecule has 0 spiro atoms. The van der Waals surface area contributed by atoms with Gasteiger partial charge in [-0.3, -0.25) is 14.9 Å². The van der Waals surface area contributed by atoms with Crippen molar-refractivity contribution in [1.29, 1.82) is 0 Å². The highest BCUT2D eigenvalue weighted by atomic mass is 35.5. The molecule has 0 atom stereocenters. The van der Waals surface area contributed by atoms with Crippen molar-refractivity contribution in [3.63, 3.8) is 0 Å². The molecule has 1 aromatic carbocycles. The molecule has 14 heavy (non-hydrogen) atoms. The molecular weight excluding hydrogens is 208 g/mol. The first-order chi connectivity index (χ1) is 6.66. The van der Waals surface area contributed by atoms with Crippen LogP contribution in [0.5, 0.6) is 0 Å². The Bertz CT molecular complexity index is 368. The lowest BCUT2D eigenvalue weighted by Gasteiger charge is -2.02. The number of nitrogens with zero attached hydrogens (tertiary/aromatic N) is 1. The van der Waals surface area contributed by atoms with Gasteiger partial charge >= 0.3 is 0 Å². The number of carbonyl (C=O) groups excluding carboxylic acids is 1. The van der Waals surface area contributed by atoms with Crippen LogP contribution in [-0.4, -0.2) is 11.3 Å². The zero-order chi connectivity index (χ0) is 10.6. The number of halogens is 1. The molecule has 0 bridgehead atoms. The molecule has 74 valence electrons. The Morgan fingerprint density at radius 2 is 2.29 bits per heavy atom. The smallest absolute Gasteiger partial charge is 0.292 e. The molecule has 1 aromatic rings. The Balaban J connectivity index is 3.07. The third-order valence-corrected chi connectivity index (χ3v) is 1.93. The minimum Gasteiger partial charge on any atom is -0.354 e. The van der Waals surface area contributed by atoms with Crippen molar-refractivity contribution >= 4 is 23.7 Å². The highest BCUT2D eigenvalue weighted by Crippen LogP contribution is 2.27. The van der Waals surface area contributed by atoms with Gasteiger partial charge in [0.25, 0.3) is 5.69 Å². The Kier molecular flexibility index (Phi) is 3.41. The lowest BCUT2D eigenvalue weighted by molar-refractivity contribution is -0.385. The molecule has 1 amide bonds. The fourth-order valence-electron chi connectivity index (χ4n) is 1.06. The van der Waals surface area contributed by atoms with Crippen LogP contribution < -0.4 is 5.32 Å². The molecule has 0 heterocycles. The van der Waals surface area contributed by atoms with Crippen LogP contribution in [0.15, 0.2) is 18.2 Å². The number of amides is 1. The lowest BCUT2D eigenvalue weighted by atomic mass is 10.2. The van der Waals surface area contributed by atoms with E-state index in [-0.39, 0.29) is 17.3 Å². The predicted molar refractivity (Wildman–Crippen MR) is 51.0 cm³/mol. The third kappa shape index (κ3) is 2.20. The third-order valence-electron chi connectivity index (χ3n) is 1.63. The highest BCUT2D eigenvalue weighted by Gasteiger charge is 2.17. The SMILES string of the molecule is O=CNCc1cccc(Cl)c1[N+](=O)[O-]. The van der Waals surface area contributed by atoms with Crippen molar-refractivity contribution in [3.05, 3.63) is 38.9 Å². The van der Waals surface area contributed by atoms with E-state index in [1.807, 2.05) is 0 Å². The molecule has 1 N–H and O–H groups in total. The van der Waals surface area contributed by atoms with E-state index in [1.54, 1.807) is 12.1 Å². The van der Waals surface area contributed by atoms with Gasteiger partial charge in [-0.15, -0.1) is 0 Å². The molecule has 0 radical (unpaired) electrons. The molecule has 0 saturated heterocycles. The summed E-state index contributed by atoms with van der Waals surface area (Å²) in [7, 11) is 0. The summed E-state index contributed by atoms with van der Waals surface area (Å²) in [6.45, 7) is 0.0976. The molecule has 0 aliphatic heterocycles. The monoisotopic (exact) mass is 214 g/mol. The standard InChI is InChI=1S/C8H7ClN2O3/c9-7-3-1-2-6(4-10-5-12)8(7)11(13)14/h1-3,5H,4H2,(H,10,12). The van der Waals surface area contributed by atoms with Gasteiger partial charge in [0.05, 0.1) is 10.5 Å². The zero-order valence-corrected chi connectivity index (χ0v) is 7.82. The second kappa shape index (κ2) is 4.57. The van der Waals surface area contributed by atoms with Gasteiger partial charge in [0, 0.05) is 6.54 Å². The van der Waals surface area contributed by atoms with Gasteiger partial charge in [-0.25, -0.2) is 0 Å². The minimum absolute atomic E-state index is 0.0696. The fraction of sp³-hybridized carbons (Fsp3) is 0.125. The van der Waals surface area contributed by atoms with Crippen LogP contribution in [0.3, 0.4) is 0 Å². The lowest BCUT2D eigenvalue weighted by Crippen LogP contribution is -2.11. The number of nitro benzene ring substituents is 1. The number of para-hydroxylation sites is 1. The Labute approximate surface area is 84.8 Å². The number of carbonyl (C=O) groups is 1.